The highest BCUT2D eigenvalue weighted by molar-refractivity contribution is 5.77. The first-order valence-electron chi connectivity index (χ1n) is 8.88. The van der Waals surface area contributed by atoms with E-state index in [0.29, 0.717) is 13.2 Å². The molecule has 3 rings (SSSR count). The Morgan fingerprint density at radius 3 is 2.69 bits per heavy atom. The molecule has 1 aromatic heterocycles. The van der Waals surface area contributed by atoms with Gasteiger partial charge >= 0.3 is 0 Å². The summed E-state index contributed by atoms with van der Waals surface area (Å²) in [6, 6.07) is 14.0. The molecule has 1 amide bonds. The van der Waals surface area contributed by atoms with E-state index >= 15 is 0 Å². The number of hydrogen-bond donors (Lipinski definition) is 1. The van der Waals surface area contributed by atoms with Crippen molar-refractivity contribution in [1.29, 1.82) is 0 Å². The molecule has 136 valence electrons. The fraction of sp³-hybridized carbons (Fsp3) is 0.333. The summed E-state index contributed by atoms with van der Waals surface area (Å²) in [4.78, 5) is 16.1. The Bertz CT molecular complexity index is 930. The second-order valence-corrected chi connectivity index (χ2v) is 6.63. The number of carbonyl (C=O) groups excluding carboxylic acids is 1. The fourth-order valence-corrected chi connectivity index (χ4v) is 3.09. The second-order valence-electron chi connectivity index (χ2n) is 6.63. The molecule has 3 aromatic rings. The molecular formula is C21H25N3O2. The zero-order valence-corrected chi connectivity index (χ0v) is 15.7. The lowest BCUT2D eigenvalue weighted by Gasteiger charge is -2.16. The smallest absolute Gasteiger partial charge is 0.217 e. The average molecular weight is 351 g/mol. The van der Waals surface area contributed by atoms with Crippen LogP contribution in [0, 0.1) is 13.8 Å². The Labute approximate surface area is 154 Å². The molecular weight excluding hydrogens is 326 g/mol. The molecule has 0 aliphatic carbocycles. The molecule has 26 heavy (non-hydrogen) atoms. The van der Waals surface area contributed by atoms with E-state index in [4.69, 9.17) is 9.72 Å². The van der Waals surface area contributed by atoms with Crippen LogP contribution >= 0.6 is 0 Å². The normalized spacial score (nSPS) is 12.2. The Hall–Kier alpha value is -2.82. The minimum absolute atomic E-state index is 0.0671. The monoisotopic (exact) mass is 351 g/mol. The Morgan fingerprint density at radius 1 is 1.19 bits per heavy atom. The average Bonchev–Trinajstić information content (AvgIpc) is 2.96. The van der Waals surface area contributed by atoms with Crippen LogP contribution in [0.5, 0.6) is 5.75 Å². The molecule has 0 radical (unpaired) electrons. The number of carbonyl (C=O) groups is 1. The van der Waals surface area contributed by atoms with Crippen LogP contribution in [0.15, 0.2) is 42.5 Å². The van der Waals surface area contributed by atoms with Crippen LogP contribution in [-0.4, -0.2) is 22.1 Å². The van der Waals surface area contributed by atoms with Gasteiger partial charge in [-0.1, -0.05) is 18.2 Å². The van der Waals surface area contributed by atoms with Crippen molar-refractivity contribution in [3.05, 3.63) is 59.4 Å². The Morgan fingerprint density at radius 2 is 1.96 bits per heavy atom. The van der Waals surface area contributed by atoms with Crippen LogP contribution in [0.1, 0.15) is 36.8 Å². The highest BCUT2D eigenvalue weighted by Crippen LogP contribution is 2.21. The third-order valence-corrected chi connectivity index (χ3v) is 4.55. The van der Waals surface area contributed by atoms with Gasteiger partial charge in [0.2, 0.25) is 5.91 Å². The second kappa shape index (κ2) is 7.60. The molecule has 5 heteroatoms. The van der Waals surface area contributed by atoms with Crippen molar-refractivity contribution in [2.24, 2.45) is 0 Å². The molecule has 0 saturated carbocycles. The van der Waals surface area contributed by atoms with Crippen molar-refractivity contribution in [3.63, 3.8) is 0 Å². The maximum Gasteiger partial charge on any atom is 0.217 e. The number of nitrogens with one attached hydrogen (secondary N) is 1. The number of imidazole rings is 1. The molecule has 1 unspecified atom stereocenters. The minimum atomic E-state index is -0.165. The van der Waals surface area contributed by atoms with Gasteiger partial charge in [0.05, 0.1) is 23.6 Å². The number of nitrogens with zero attached hydrogens (tertiary/aromatic N) is 2. The summed E-state index contributed by atoms with van der Waals surface area (Å²) in [6.07, 6.45) is 0. The number of aromatic nitrogens is 2. The van der Waals surface area contributed by atoms with Gasteiger partial charge in [0.15, 0.2) is 0 Å². The van der Waals surface area contributed by atoms with Crippen molar-refractivity contribution in [3.8, 4) is 5.75 Å². The lowest BCUT2D eigenvalue weighted by atomic mass is 10.1. The van der Waals surface area contributed by atoms with E-state index in [1.165, 1.54) is 18.1 Å². The Balaban J connectivity index is 1.81. The van der Waals surface area contributed by atoms with Gasteiger partial charge in [-0.25, -0.2) is 4.98 Å². The summed E-state index contributed by atoms with van der Waals surface area (Å²) in [6.45, 7) is 8.83. The van der Waals surface area contributed by atoms with Crippen molar-refractivity contribution < 1.29 is 9.53 Å². The van der Waals surface area contributed by atoms with Gasteiger partial charge in [-0.2, -0.15) is 0 Å². The Kier molecular flexibility index (Phi) is 5.26. The number of ether oxygens (including phenoxy) is 1. The molecule has 0 spiro atoms. The maximum atomic E-state index is 11.4. The number of aryl methyl sites for hydroxylation is 2. The van der Waals surface area contributed by atoms with Crippen molar-refractivity contribution in [1.82, 2.24) is 14.9 Å². The van der Waals surface area contributed by atoms with Gasteiger partial charge in [-0.3, -0.25) is 4.79 Å². The lowest BCUT2D eigenvalue weighted by molar-refractivity contribution is -0.119. The van der Waals surface area contributed by atoms with E-state index < -0.39 is 0 Å². The molecule has 0 fully saturated rings. The zero-order chi connectivity index (χ0) is 18.7. The third kappa shape index (κ3) is 3.87. The van der Waals surface area contributed by atoms with Gasteiger partial charge in [0.25, 0.3) is 0 Å². The summed E-state index contributed by atoms with van der Waals surface area (Å²) >= 11 is 0. The van der Waals surface area contributed by atoms with Crippen molar-refractivity contribution in [2.45, 2.75) is 40.3 Å². The quantitative estimate of drug-likeness (QED) is 0.732. The van der Waals surface area contributed by atoms with E-state index in [-0.39, 0.29) is 11.9 Å². The first kappa shape index (κ1) is 18.0. The van der Waals surface area contributed by atoms with Crippen LogP contribution < -0.4 is 10.1 Å². The number of para-hydroxylation sites is 2. The van der Waals surface area contributed by atoms with Crippen LogP contribution in [0.3, 0.4) is 0 Å². The van der Waals surface area contributed by atoms with Gasteiger partial charge < -0.3 is 14.6 Å². The molecule has 0 bridgehead atoms. The van der Waals surface area contributed by atoms with Gasteiger partial charge in [0.1, 0.15) is 18.2 Å². The predicted molar refractivity (Wildman–Crippen MR) is 103 cm³/mol. The van der Waals surface area contributed by atoms with Gasteiger partial charge in [-0.05, 0) is 56.2 Å². The van der Waals surface area contributed by atoms with Crippen LogP contribution in [0.2, 0.25) is 0 Å². The van der Waals surface area contributed by atoms with Crippen molar-refractivity contribution >= 4 is 16.9 Å². The molecule has 5 nitrogen and oxygen atoms in total. The predicted octanol–water partition coefficient (Wildman–Crippen LogP) is 3.93. The number of rotatable bonds is 6. The summed E-state index contributed by atoms with van der Waals surface area (Å²) in [5, 5.41) is 2.92. The standard InChI is InChI=1S/C21H25N3O2/c1-14-9-10-18(13-15(14)2)26-12-11-24-20-8-6-5-7-19(20)23-21(24)16(3)22-17(4)25/h5-10,13,16H,11-12H2,1-4H3,(H,22,25). The fourth-order valence-electron chi connectivity index (χ4n) is 3.09. The number of amides is 1. The summed E-state index contributed by atoms with van der Waals surface area (Å²) in [5.41, 5.74) is 4.44. The van der Waals surface area contributed by atoms with Crippen LogP contribution in [-0.2, 0) is 11.3 Å². The number of fused-ring (bicyclic) bond motifs is 1. The van der Waals surface area contributed by atoms with E-state index in [9.17, 15) is 4.79 Å². The number of hydrogen-bond acceptors (Lipinski definition) is 3. The molecule has 2 aromatic carbocycles. The lowest BCUT2D eigenvalue weighted by Crippen LogP contribution is -2.27. The first-order valence-corrected chi connectivity index (χ1v) is 8.88. The van der Waals surface area contributed by atoms with Crippen LogP contribution in [0.25, 0.3) is 11.0 Å². The molecule has 0 aliphatic heterocycles. The van der Waals surface area contributed by atoms with Crippen LogP contribution in [0.4, 0.5) is 0 Å². The summed E-state index contributed by atoms with van der Waals surface area (Å²) < 4.78 is 8.07. The minimum Gasteiger partial charge on any atom is -0.492 e. The SMILES string of the molecule is CC(=O)NC(C)c1nc2ccccc2n1CCOc1ccc(C)c(C)c1. The summed E-state index contributed by atoms with van der Waals surface area (Å²) in [5.74, 6) is 1.64. The first-order chi connectivity index (χ1) is 12.5. The van der Waals surface area contributed by atoms with E-state index in [2.05, 4.69) is 35.9 Å². The highest BCUT2D eigenvalue weighted by atomic mass is 16.5. The number of benzene rings is 2. The zero-order valence-electron chi connectivity index (χ0n) is 15.7. The molecule has 1 N–H and O–H groups in total. The van der Waals surface area contributed by atoms with Gasteiger partial charge in [-0.15, -0.1) is 0 Å². The molecule has 1 heterocycles. The topological polar surface area (TPSA) is 56.2 Å². The third-order valence-electron chi connectivity index (χ3n) is 4.55. The van der Waals surface area contributed by atoms with E-state index in [1.807, 2.05) is 37.3 Å². The maximum absolute atomic E-state index is 11.4. The molecule has 0 saturated heterocycles. The van der Waals surface area contributed by atoms with Crippen molar-refractivity contribution in [2.75, 3.05) is 6.61 Å². The molecule has 0 aliphatic rings. The van der Waals surface area contributed by atoms with Gasteiger partial charge in [0, 0.05) is 6.92 Å². The van der Waals surface area contributed by atoms with E-state index in [0.717, 1.165) is 22.6 Å². The highest BCUT2D eigenvalue weighted by Gasteiger charge is 2.17. The largest absolute Gasteiger partial charge is 0.492 e. The van der Waals surface area contributed by atoms with E-state index in [1.54, 1.807) is 0 Å². The summed E-state index contributed by atoms with van der Waals surface area (Å²) in [7, 11) is 0. The molecule has 1 atom stereocenters.